The van der Waals surface area contributed by atoms with Gasteiger partial charge in [0, 0.05) is 32.7 Å². The van der Waals surface area contributed by atoms with Crippen LogP contribution in [0.25, 0.3) is 0 Å². The van der Waals surface area contributed by atoms with Crippen molar-refractivity contribution in [1.82, 2.24) is 0 Å². The molecule has 2 aromatic rings. The van der Waals surface area contributed by atoms with Crippen molar-refractivity contribution >= 4 is 23.2 Å². The molecule has 0 N–H and O–H groups in total. The molecule has 0 bridgehead atoms. The normalized spacial score (nSPS) is 32.1. The first kappa shape index (κ1) is 17.2. The molecule has 2 saturated carbocycles. The van der Waals surface area contributed by atoms with E-state index in [4.69, 9.17) is 23.2 Å². The lowest BCUT2D eigenvalue weighted by Gasteiger charge is -2.16. The van der Waals surface area contributed by atoms with Crippen LogP contribution in [-0.4, -0.2) is 20.9 Å². The lowest BCUT2D eigenvalue weighted by molar-refractivity contribution is -0.644. The summed E-state index contributed by atoms with van der Waals surface area (Å²) in [6.45, 7) is 0. The van der Waals surface area contributed by atoms with Crippen molar-refractivity contribution in [3.63, 3.8) is 0 Å². The summed E-state index contributed by atoms with van der Waals surface area (Å²) in [6.07, 6.45) is 0.275. The number of benzene rings is 2. The minimum absolute atomic E-state index is 0.137. The van der Waals surface area contributed by atoms with E-state index >= 15 is 0 Å². The van der Waals surface area contributed by atoms with Crippen LogP contribution < -0.4 is 0 Å². The van der Waals surface area contributed by atoms with E-state index in [1.54, 1.807) is 48.5 Å². The van der Waals surface area contributed by atoms with Crippen molar-refractivity contribution in [2.45, 2.75) is 35.8 Å². The second kappa shape index (κ2) is 5.66. The molecular weight excluding hydrogens is 379 g/mol. The Labute approximate surface area is 159 Å². The van der Waals surface area contributed by atoms with Crippen molar-refractivity contribution in [3.05, 3.63) is 89.9 Å². The van der Waals surface area contributed by atoms with Gasteiger partial charge in [-0.2, -0.15) is 0 Å². The predicted octanol–water partition coefficient (Wildman–Crippen LogP) is 4.70. The molecule has 0 spiro atoms. The zero-order valence-electron chi connectivity index (χ0n) is 13.5. The van der Waals surface area contributed by atoms with Gasteiger partial charge in [-0.15, -0.1) is 0 Å². The molecule has 0 heterocycles. The largest absolute Gasteiger partial charge is 0.298 e. The number of hydrogen-bond donors (Lipinski definition) is 0. The highest BCUT2D eigenvalue weighted by atomic mass is 35.5. The number of hydrogen-bond acceptors (Lipinski definition) is 4. The first-order chi connectivity index (χ1) is 12.3. The molecule has 134 valence electrons. The zero-order valence-corrected chi connectivity index (χ0v) is 15.0. The third-order valence-electron chi connectivity index (χ3n) is 5.77. The molecule has 0 unspecified atom stereocenters. The molecule has 6 nitrogen and oxygen atoms in total. The fourth-order valence-corrected chi connectivity index (χ4v) is 4.81. The lowest BCUT2D eigenvalue weighted by atomic mass is 9.93. The van der Waals surface area contributed by atoms with E-state index in [9.17, 15) is 20.2 Å². The molecule has 2 aliphatic carbocycles. The van der Waals surface area contributed by atoms with E-state index in [2.05, 4.69) is 0 Å². The molecule has 2 aromatic carbocycles. The Kier molecular flexibility index (Phi) is 3.75. The maximum absolute atomic E-state index is 12.0. The Bertz CT molecular complexity index is 861. The third kappa shape index (κ3) is 2.25. The van der Waals surface area contributed by atoms with Crippen LogP contribution in [0.2, 0.25) is 10.0 Å². The van der Waals surface area contributed by atoms with E-state index in [1.807, 2.05) is 0 Å². The van der Waals surface area contributed by atoms with Crippen LogP contribution in [0.3, 0.4) is 0 Å². The number of rotatable bonds is 5. The Morgan fingerprint density at radius 3 is 1.50 bits per heavy atom. The standard InChI is InChI=1S/C18H14Cl2N2O4/c19-13-5-1-3-11(7-13)15-9-17(15,21(23)24)18(22(25)26)10-16(18)12-4-2-6-14(20)8-12/h1-8,15-16H,9-10H2/t15-,16-,17+,18+/m1/s1. The van der Waals surface area contributed by atoms with Crippen molar-refractivity contribution in [2.75, 3.05) is 0 Å². The van der Waals surface area contributed by atoms with Crippen LogP contribution >= 0.6 is 23.2 Å². The summed E-state index contributed by atoms with van der Waals surface area (Å²) in [4.78, 5) is 23.2. The highest BCUT2D eigenvalue weighted by Gasteiger charge is 2.93. The minimum Gasteiger partial charge on any atom is -0.264 e. The molecule has 4 atom stereocenters. The highest BCUT2D eigenvalue weighted by Crippen LogP contribution is 2.73. The monoisotopic (exact) mass is 392 g/mol. The fourth-order valence-electron chi connectivity index (χ4n) is 4.41. The van der Waals surface area contributed by atoms with E-state index in [-0.39, 0.29) is 12.8 Å². The van der Waals surface area contributed by atoms with Crippen LogP contribution in [0.1, 0.15) is 35.8 Å². The highest BCUT2D eigenvalue weighted by molar-refractivity contribution is 6.30. The summed E-state index contributed by atoms with van der Waals surface area (Å²) < 4.78 is 0. The van der Waals surface area contributed by atoms with Gasteiger partial charge in [0.2, 0.25) is 0 Å². The lowest BCUT2D eigenvalue weighted by Crippen LogP contribution is -2.46. The van der Waals surface area contributed by atoms with Gasteiger partial charge in [-0.1, -0.05) is 47.5 Å². The second-order valence-electron chi connectivity index (χ2n) is 6.99. The first-order valence-corrected chi connectivity index (χ1v) is 8.88. The average molecular weight is 393 g/mol. The van der Waals surface area contributed by atoms with Crippen LogP contribution in [0, 0.1) is 20.2 Å². The van der Waals surface area contributed by atoms with Gasteiger partial charge in [-0.25, -0.2) is 0 Å². The van der Waals surface area contributed by atoms with E-state index < -0.39 is 32.8 Å². The van der Waals surface area contributed by atoms with E-state index in [1.165, 1.54) is 0 Å². The van der Waals surface area contributed by atoms with Gasteiger partial charge >= 0.3 is 0 Å². The van der Waals surface area contributed by atoms with Gasteiger partial charge in [0.15, 0.2) is 0 Å². The third-order valence-corrected chi connectivity index (χ3v) is 6.24. The SMILES string of the molecule is O=[N+]([O-])[C@@]1([C@]2([N+](=O)[O-])C[C@@H]2c2cccc(Cl)c2)C[C@@H]1c1cccc(Cl)c1. The van der Waals surface area contributed by atoms with Crippen molar-refractivity contribution in [2.24, 2.45) is 0 Å². The molecule has 0 radical (unpaired) electrons. The number of nitrogens with zero attached hydrogens (tertiary/aromatic N) is 2. The molecule has 0 saturated heterocycles. The van der Waals surface area contributed by atoms with Crippen LogP contribution in [0.5, 0.6) is 0 Å². The Morgan fingerprint density at radius 1 is 0.808 bits per heavy atom. The van der Waals surface area contributed by atoms with Gasteiger partial charge in [0.05, 0.1) is 11.8 Å². The average Bonchev–Trinajstić information content (AvgIpc) is 3.46. The van der Waals surface area contributed by atoms with Gasteiger partial charge < -0.3 is 0 Å². The van der Waals surface area contributed by atoms with Gasteiger partial charge in [0.1, 0.15) is 0 Å². The fraction of sp³-hybridized carbons (Fsp3) is 0.333. The van der Waals surface area contributed by atoms with Gasteiger partial charge in [0.25, 0.3) is 11.1 Å². The predicted molar refractivity (Wildman–Crippen MR) is 97.1 cm³/mol. The second-order valence-corrected chi connectivity index (χ2v) is 7.86. The molecule has 0 aromatic heterocycles. The van der Waals surface area contributed by atoms with Gasteiger partial charge in [-0.05, 0) is 35.4 Å². The molecule has 8 heteroatoms. The number of nitro groups is 2. The Hall–Kier alpha value is -2.18. The van der Waals surface area contributed by atoms with Crippen molar-refractivity contribution in [1.29, 1.82) is 0 Å². The Balaban J connectivity index is 1.77. The van der Waals surface area contributed by atoms with Crippen LogP contribution in [0.15, 0.2) is 48.5 Å². The smallest absolute Gasteiger partial charge is 0.264 e. The molecule has 0 aliphatic heterocycles. The summed E-state index contributed by atoms with van der Waals surface area (Å²) in [5.41, 5.74) is -1.89. The van der Waals surface area contributed by atoms with E-state index in [0.29, 0.717) is 21.2 Å². The molecular formula is C18H14Cl2N2O4. The van der Waals surface area contributed by atoms with E-state index in [0.717, 1.165) is 0 Å². The molecule has 2 aliphatic rings. The molecule has 4 rings (SSSR count). The summed E-state index contributed by atoms with van der Waals surface area (Å²) in [5.74, 6) is -1.04. The van der Waals surface area contributed by atoms with Crippen LogP contribution in [-0.2, 0) is 0 Å². The zero-order chi connectivity index (χ0) is 18.7. The Morgan fingerprint density at radius 2 is 1.19 bits per heavy atom. The number of halogens is 2. The van der Waals surface area contributed by atoms with Crippen LogP contribution in [0.4, 0.5) is 0 Å². The quantitative estimate of drug-likeness (QED) is 0.544. The topological polar surface area (TPSA) is 86.3 Å². The van der Waals surface area contributed by atoms with Crippen molar-refractivity contribution in [3.8, 4) is 0 Å². The summed E-state index contributed by atoms with van der Waals surface area (Å²) in [6, 6.07) is 13.6. The minimum atomic E-state index is -1.62. The molecule has 26 heavy (non-hydrogen) atoms. The summed E-state index contributed by atoms with van der Waals surface area (Å²) in [7, 11) is 0. The maximum atomic E-state index is 12.0. The molecule has 0 amide bonds. The maximum Gasteiger partial charge on any atom is 0.298 e. The molecule has 2 fully saturated rings. The summed E-state index contributed by atoms with van der Waals surface area (Å²) >= 11 is 12.0. The van der Waals surface area contributed by atoms with Crippen molar-refractivity contribution < 1.29 is 9.85 Å². The summed E-state index contributed by atoms with van der Waals surface area (Å²) in [5, 5.41) is 25.0. The van der Waals surface area contributed by atoms with Gasteiger partial charge in [-0.3, -0.25) is 20.2 Å². The first-order valence-electron chi connectivity index (χ1n) is 8.13.